The Morgan fingerprint density at radius 3 is 2.64 bits per heavy atom. The van der Waals surface area contributed by atoms with E-state index in [-0.39, 0.29) is 0 Å². The molecule has 1 saturated carbocycles. The lowest BCUT2D eigenvalue weighted by molar-refractivity contribution is 0.171. The first kappa shape index (κ1) is 15.4. The number of hydrogen-bond donors (Lipinski definition) is 2. The van der Waals surface area contributed by atoms with E-state index in [4.69, 9.17) is 9.47 Å². The molecule has 120 valence electrons. The van der Waals surface area contributed by atoms with Gasteiger partial charge < -0.3 is 19.9 Å². The molecular formula is C18H25NO3. The highest BCUT2D eigenvalue weighted by molar-refractivity contribution is 5.43. The van der Waals surface area contributed by atoms with Crippen molar-refractivity contribution in [1.82, 2.24) is 5.32 Å². The predicted molar refractivity (Wildman–Crippen MR) is 86.2 cm³/mol. The summed E-state index contributed by atoms with van der Waals surface area (Å²) < 4.78 is 10.5. The van der Waals surface area contributed by atoms with Crippen LogP contribution in [0.25, 0.3) is 0 Å². The van der Waals surface area contributed by atoms with E-state index in [1.807, 2.05) is 18.2 Å². The molecule has 0 amide bonds. The lowest BCUT2D eigenvalue weighted by Gasteiger charge is -2.20. The highest BCUT2D eigenvalue weighted by atomic mass is 16.5. The number of methoxy groups -OCH3 is 2. The van der Waals surface area contributed by atoms with E-state index in [0.29, 0.717) is 18.0 Å². The third-order valence-electron chi connectivity index (χ3n) is 4.95. The van der Waals surface area contributed by atoms with Crippen LogP contribution in [0.3, 0.4) is 0 Å². The molecule has 2 aliphatic rings. The first-order valence-electron chi connectivity index (χ1n) is 8.00. The van der Waals surface area contributed by atoms with Crippen molar-refractivity contribution in [3.63, 3.8) is 0 Å². The number of rotatable bonds is 7. The van der Waals surface area contributed by atoms with Crippen molar-refractivity contribution in [2.75, 3.05) is 27.3 Å². The van der Waals surface area contributed by atoms with Gasteiger partial charge in [0.15, 0.2) is 11.5 Å². The summed E-state index contributed by atoms with van der Waals surface area (Å²) in [5.74, 6) is 3.60. The van der Waals surface area contributed by atoms with Gasteiger partial charge in [0.1, 0.15) is 0 Å². The summed E-state index contributed by atoms with van der Waals surface area (Å²) >= 11 is 0. The third kappa shape index (κ3) is 3.13. The van der Waals surface area contributed by atoms with E-state index in [9.17, 15) is 5.11 Å². The maximum absolute atomic E-state index is 10.3. The molecular weight excluding hydrogens is 278 g/mol. The molecule has 1 aromatic rings. The van der Waals surface area contributed by atoms with Crippen LogP contribution in [0, 0.1) is 17.8 Å². The topological polar surface area (TPSA) is 50.7 Å². The molecule has 3 rings (SSSR count). The number of nitrogens with one attached hydrogen (secondary N) is 1. The van der Waals surface area contributed by atoms with Gasteiger partial charge in [0.25, 0.3) is 0 Å². The van der Waals surface area contributed by atoms with E-state index < -0.39 is 6.10 Å². The van der Waals surface area contributed by atoms with Gasteiger partial charge in [0, 0.05) is 6.54 Å². The highest BCUT2D eigenvalue weighted by Crippen LogP contribution is 2.43. The lowest BCUT2D eigenvalue weighted by atomic mass is 9.93. The van der Waals surface area contributed by atoms with Crippen molar-refractivity contribution >= 4 is 0 Å². The molecule has 0 aliphatic heterocycles. The fraction of sp³-hybridized carbons (Fsp3) is 0.556. The number of fused-ring (bicyclic) bond motifs is 2. The predicted octanol–water partition coefficient (Wildman–Crippen LogP) is 2.54. The van der Waals surface area contributed by atoms with Crippen molar-refractivity contribution in [2.45, 2.75) is 18.9 Å². The van der Waals surface area contributed by atoms with E-state index in [2.05, 4.69) is 17.5 Å². The minimum atomic E-state index is -0.533. The third-order valence-corrected chi connectivity index (χ3v) is 4.95. The summed E-state index contributed by atoms with van der Waals surface area (Å²) in [5.41, 5.74) is 0.845. The van der Waals surface area contributed by atoms with Crippen molar-refractivity contribution in [3.05, 3.63) is 35.9 Å². The van der Waals surface area contributed by atoms with Gasteiger partial charge in [-0.1, -0.05) is 18.2 Å². The first-order valence-corrected chi connectivity index (χ1v) is 8.00. The maximum Gasteiger partial charge on any atom is 0.161 e. The fourth-order valence-electron chi connectivity index (χ4n) is 3.71. The van der Waals surface area contributed by atoms with E-state index in [1.165, 1.54) is 12.8 Å². The van der Waals surface area contributed by atoms with Crippen molar-refractivity contribution < 1.29 is 14.6 Å². The Hall–Kier alpha value is -1.52. The summed E-state index contributed by atoms with van der Waals surface area (Å²) in [5, 5.41) is 13.8. The van der Waals surface area contributed by atoms with Gasteiger partial charge in [0.2, 0.25) is 0 Å². The zero-order valence-electron chi connectivity index (χ0n) is 13.3. The molecule has 2 bridgehead atoms. The second-order valence-corrected chi connectivity index (χ2v) is 6.33. The summed E-state index contributed by atoms with van der Waals surface area (Å²) in [6.07, 6.45) is 6.81. The molecule has 0 spiro atoms. The molecule has 2 aliphatic carbocycles. The van der Waals surface area contributed by atoms with Crippen molar-refractivity contribution in [2.24, 2.45) is 17.8 Å². The van der Waals surface area contributed by atoms with Crippen LogP contribution in [-0.2, 0) is 0 Å². The van der Waals surface area contributed by atoms with Crippen LogP contribution in [-0.4, -0.2) is 32.4 Å². The van der Waals surface area contributed by atoms with Gasteiger partial charge in [-0.25, -0.2) is 0 Å². The summed E-state index contributed by atoms with van der Waals surface area (Å²) in [6.45, 7) is 1.54. The van der Waals surface area contributed by atoms with Gasteiger partial charge in [-0.3, -0.25) is 0 Å². The number of hydrogen-bond acceptors (Lipinski definition) is 4. The van der Waals surface area contributed by atoms with Crippen molar-refractivity contribution in [1.29, 1.82) is 0 Å². The highest BCUT2D eigenvalue weighted by Gasteiger charge is 2.35. The Bertz CT molecular complexity index is 543. The van der Waals surface area contributed by atoms with Crippen LogP contribution in [0.1, 0.15) is 24.5 Å². The molecule has 22 heavy (non-hydrogen) atoms. The second-order valence-electron chi connectivity index (χ2n) is 6.33. The number of allylic oxidation sites excluding steroid dienone is 2. The van der Waals surface area contributed by atoms with Crippen LogP contribution in [0.2, 0.25) is 0 Å². The molecule has 4 nitrogen and oxygen atoms in total. The second kappa shape index (κ2) is 6.71. The van der Waals surface area contributed by atoms with Crippen LogP contribution in [0.5, 0.6) is 11.5 Å². The Kier molecular flexibility index (Phi) is 4.69. The van der Waals surface area contributed by atoms with Crippen LogP contribution < -0.4 is 14.8 Å². The van der Waals surface area contributed by atoms with E-state index in [1.54, 1.807) is 14.2 Å². The minimum absolute atomic E-state index is 0.533. The van der Waals surface area contributed by atoms with Crippen LogP contribution >= 0.6 is 0 Å². The molecule has 1 aromatic carbocycles. The molecule has 0 aromatic heterocycles. The average Bonchev–Trinajstić information content (AvgIpc) is 3.17. The molecule has 0 saturated heterocycles. The maximum atomic E-state index is 10.3. The average molecular weight is 303 g/mol. The zero-order valence-corrected chi connectivity index (χ0v) is 13.3. The Morgan fingerprint density at radius 1 is 1.18 bits per heavy atom. The fourth-order valence-corrected chi connectivity index (χ4v) is 3.71. The van der Waals surface area contributed by atoms with Gasteiger partial charge in [-0.15, -0.1) is 0 Å². The Morgan fingerprint density at radius 2 is 2.00 bits per heavy atom. The molecule has 1 fully saturated rings. The minimum Gasteiger partial charge on any atom is -0.493 e. The molecule has 4 heteroatoms. The normalized spacial score (nSPS) is 27.1. The summed E-state index contributed by atoms with van der Waals surface area (Å²) in [4.78, 5) is 0. The number of aliphatic hydroxyl groups excluding tert-OH is 1. The smallest absolute Gasteiger partial charge is 0.161 e. The lowest BCUT2D eigenvalue weighted by Crippen LogP contribution is -2.29. The first-order chi connectivity index (χ1) is 10.7. The monoisotopic (exact) mass is 303 g/mol. The molecule has 0 heterocycles. The molecule has 4 atom stereocenters. The summed E-state index contributed by atoms with van der Waals surface area (Å²) in [7, 11) is 3.22. The van der Waals surface area contributed by atoms with Gasteiger partial charge in [-0.05, 0) is 54.8 Å². The summed E-state index contributed by atoms with van der Waals surface area (Å²) in [6, 6.07) is 5.55. The molecule has 0 unspecified atom stereocenters. The standard InChI is InChI=1S/C18H25NO3/c1-21-17-6-5-14(9-18(17)22-2)16(20)11-19-10-15-8-12-3-4-13(15)7-12/h3-6,9,12-13,15-16,19-20H,7-8,10-11H2,1-2H3/t12-,13-,15-,16+/m0/s1. The van der Waals surface area contributed by atoms with E-state index >= 15 is 0 Å². The van der Waals surface area contributed by atoms with Crippen LogP contribution in [0.15, 0.2) is 30.4 Å². The van der Waals surface area contributed by atoms with Gasteiger partial charge in [0.05, 0.1) is 20.3 Å². The van der Waals surface area contributed by atoms with Gasteiger partial charge in [-0.2, -0.15) is 0 Å². The SMILES string of the molecule is COc1ccc([C@H](O)CNC[C@@H]2C[C@H]3C=C[C@H]2C3)cc1OC. The van der Waals surface area contributed by atoms with Crippen molar-refractivity contribution in [3.8, 4) is 11.5 Å². The molecule has 0 radical (unpaired) electrons. The quantitative estimate of drug-likeness (QED) is 0.760. The number of benzene rings is 1. The Balaban J connectivity index is 1.51. The molecule has 2 N–H and O–H groups in total. The number of ether oxygens (including phenoxy) is 2. The van der Waals surface area contributed by atoms with Gasteiger partial charge >= 0.3 is 0 Å². The largest absolute Gasteiger partial charge is 0.493 e. The van der Waals surface area contributed by atoms with E-state index in [0.717, 1.165) is 29.9 Å². The Labute approximate surface area is 132 Å². The zero-order chi connectivity index (χ0) is 15.5. The number of aliphatic hydroxyl groups is 1. The van der Waals surface area contributed by atoms with Crippen LogP contribution in [0.4, 0.5) is 0 Å².